The number of rotatable bonds is 1. The second-order valence-electron chi connectivity index (χ2n) is 3.32. The molecule has 0 bridgehead atoms. The van der Waals surface area contributed by atoms with E-state index < -0.39 is 11.7 Å². The zero-order valence-corrected chi connectivity index (χ0v) is 9.75. The van der Waals surface area contributed by atoms with E-state index in [0.29, 0.717) is 0 Å². The smallest absolute Gasteiger partial charge is 0.315 e. The summed E-state index contributed by atoms with van der Waals surface area (Å²) in [7, 11) is 0. The molecule has 0 saturated carbocycles. The van der Waals surface area contributed by atoms with Crippen molar-refractivity contribution < 1.29 is 13.2 Å². The van der Waals surface area contributed by atoms with E-state index in [4.69, 9.17) is 0 Å². The number of hydrogen-bond donors (Lipinski definition) is 1. The van der Waals surface area contributed by atoms with Gasteiger partial charge in [0.2, 0.25) is 0 Å². The average Bonchev–Trinajstić information content (AvgIpc) is 2.00. The topological polar surface area (TPSA) is 24.9 Å². The molecule has 1 N–H and O–H groups in total. The summed E-state index contributed by atoms with van der Waals surface area (Å²) in [5.74, 6) is 0.275. The number of halogens is 5. The van der Waals surface area contributed by atoms with Crippen LogP contribution >= 0.6 is 24.8 Å². The van der Waals surface area contributed by atoms with E-state index in [1.165, 1.54) is 6.07 Å². The summed E-state index contributed by atoms with van der Waals surface area (Å²) in [4.78, 5) is 3.81. The van der Waals surface area contributed by atoms with Gasteiger partial charge in [0, 0.05) is 30.9 Å². The van der Waals surface area contributed by atoms with E-state index in [-0.39, 0.29) is 30.7 Å². The lowest BCUT2D eigenvalue weighted by Gasteiger charge is -2.26. The Balaban J connectivity index is 0.00000112. The molecule has 1 aliphatic heterocycles. The molecular formula is C9H11Cl2F3N2. The standard InChI is InChI=1S/C9H9F3N2.2ClH/c10-9(11,12)7-1-2-8(14-5-7)6-3-13-4-6;;/h1-2,5-6,13H,3-4H2;2*1H. The van der Waals surface area contributed by atoms with E-state index in [9.17, 15) is 13.2 Å². The summed E-state index contributed by atoms with van der Waals surface area (Å²) in [6.07, 6.45) is -3.39. The predicted octanol–water partition coefficient (Wildman–Crippen LogP) is 2.63. The molecule has 0 radical (unpaired) electrons. The molecule has 7 heteroatoms. The number of nitrogens with zero attached hydrogens (tertiary/aromatic N) is 1. The molecule has 2 heterocycles. The Morgan fingerprint density at radius 3 is 2.12 bits per heavy atom. The number of alkyl halides is 3. The summed E-state index contributed by atoms with van der Waals surface area (Å²) >= 11 is 0. The van der Waals surface area contributed by atoms with Crippen molar-refractivity contribution in [1.29, 1.82) is 0 Å². The van der Waals surface area contributed by atoms with Crippen molar-refractivity contribution in [2.45, 2.75) is 12.1 Å². The number of nitrogens with one attached hydrogen (secondary N) is 1. The normalized spacial score (nSPS) is 15.7. The fourth-order valence-electron chi connectivity index (χ4n) is 1.31. The average molecular weight is 275 g/mol. The van der Waals surface area contributed by atoms with Gasteiger partial charge in [-0.05, 0) is 12.1 Å². The molecule has 0 unspecified atom stereocenters. The van der Waals surface area contributed by atoms with E-state index in [1.807, 2.05) is 0 Å². The molecule has 0 atom stereocenters. The third-order valence-corrected chi connectivity index (χ3v) is 2.31. The van der Waals surface area contributed by atoms with Crippen LogP contribution in [-0.4, -0.2) is 18.1 Å². The van der Waals surface area contributed by atoms with Crippen LogP contribution in [0.25, 0.3) is 0 Å². The first-order valence-corrected chi connectivity index (χ1v) is 4.31. The molecular weight excluding hydrogens is 264 g/mol. The van der Waals surface area contributed by atoms with Gasteiger partial charge in [-0.25, -0.2) is 0 Å². The highest BCUT2D eigenvalue weighted by Gasteiger charge is 2.31. The van der Waals surface area contributed by atoms with E-state index in [1.54, 1.807) is 0 Å². The number of aromatic nitrogens is 1. The molecule has 2 nitrogen and oxygen atoms in total. The minimum absolute atomic E-state index is 0. The molecule has 1 aromatic heterocycles. The van der Waals surface area contributed by atoms with Crippen LogP contribution in [0.4, 0.5) is 13.2 Å². The zero-order chi connectivity index (χ0) is 10.2. The maximum absolute atomic E-state index is 12.2. The highest BCUT2D eigenvalue weighted by Crippen LogP contribution is 2.29. The van der Waals surface area contributed by atoms with Gasteiger partial charge in [-0.1, -0.05) is 0 Å². The van der Waals surface area contributed by atoms with Crippen LogP contribution in [0.3, 0.4) is 0 Å². The summed E-state index contributed by atoms with van der Waals surface area (Å²) in [5, 5.41) is 3.04. The van der Waals surface area contributed by atoms with Crippen LogP contribution < -0.4 is 5.32 Å². The number of pyridine rings is 1. The third-order valence-electron chi connectivity index (χ3n) is 2.31. The fourth-order valence-corrected chi connectivity index (χ4v) is 1.31. The summed E-state index contributed by atoms with van der Waals surface area (Å²) < 4.78 is 36.5. The first-order valence-electron chi connectivity index (χ1n) is 4.31. The maximum Gasteiger partial charge on any atom is 0.417 e. The molecule has 0 spiro atoms. The van der Waals surface area contributed by atoms with Crippen molar-refractivity contribution in [2.75, 3.05) is 13.1 Å². The van der Waals surface area contributed by atoms with Crippen LogP contribution in [0.2, 0.25) is 0 Å². The number of hydrogen-bond acceptors (Lipinski definition) is 2. The lowest BCUT2D eigenvalue weighted by atomic mass is 9.98. The predicted molar refractivity (Wildman–Crippen MR) is 59.3 cm³/mol. The largest absolute Gasteiger partial charge is 0.417 e. The minimum atomic E-state index is -4.29. The van der Waals surface area contributed by atoms with Crippen LogP contribution in [0.1, 0.15) is 17.2 Å². The lowest BCUT2D eigenvalue weighted by molar-refractivity contribution is -0.137. The Hall–Kier alpha value is -0.520. The van der Waals surface area contributed by atoms with Crippen molar-refractivity contribution in [2.24, 2.45) is 0 Å². The van der Waals surface area contributed by atoms with Crippen LogP contribution in [0.5, 0.6) is 0 Å². The SMILES string of the molecule is Cl.Cl.FC(F)(F)c1ccc(C2CNC2)nc1. The Morgan fingerprint density at radius 2 is 1.81 bits per heavy atom. The van der Waals surface area contributed by atoms with Crippen molar-refractivity contribution in [3.63, 3.8) is 0 Å². The maximum atomic E-state index is 12.2. The second kappa shape index (κ2) is 5.70. The monoisotopic (exact) mass is 274 g/mol. The van der Waals surface area contributed by atoms with Crippen molar-refractivity contribution in [3.05, 3.63) is 29.6 Å². The van der Waals surface area contributed by atoms with Gasteiger partial charge in [0.25, 0.3) is 0 Å². The van der Waals surface area contributed by atoms with Crippen molar-refractivity contribution in [3.8, 4) is 0 Å². The molecule has 0 amide bonds. The van der Waals surface area contributed by atoms with Gasteiger partial charge >= 0.3 is 6.18 Å². The summed E-state index contributed by atoms with van der Waals surface area (Å²) in [6, 6.07) is 2.54. The lowest BCUT2D eigenvalue weighted by Crippen LogP contribution is -2.40. The molecule has 0 aromatic carbocycles. The zero-order valence-electron chi connectivity index (χ0n) is 8.12. The molecule has 2 rings (SSSR count). The van der Waals surface area contributed by atoms with Gasteiger partial charge in [-0.3, -0.25) is 4.98 Å². The van der Waals surface area contributed by atoms with Gasteiger partial charge in [0.15, 0.2) is 0 Å². The third kappa shape index (κ3) is 3.23. The highest BCUT2D eigenvalue weighted by atomic mass is 35.5. The molecule has 1 aliphatic rings. The molecule has 1 saturated heterocycles. The van der Waals surface area contributed by atoms with Gasteiger partial charge in [0.1, 0.15) is 0 Å². The van der Waals surface area contributed by atoms with E-state index in [2.05, 4.69) is 10.3 Å². The van der Waals surface area contributed by atoms with Crippen LogP contribution in [0.15, 0.2) is 18.3 Å². The Kier molecular flexibility index (Phi) is 5.52. The highest BCUT2D eigenvalue weighted by molar-refractivity contribution is 5.85. The molecule has 1 aromatic rings. The van der Waals surface area contributed by atoms with Gasteiger partial charge in [-0.15, -0.1) is 24.8 Å². The minimum Gasteiger partial charge on any atom is -0.315 e. The van der Waals surface area contributed by atoms with E-state index >= 15 is 0 Å². The van der Waals surface area contributed by atoms with Crippen molar-refractivity contribution in [1.82, 2.24) is 10.3 Å². The Bertz CT molecular complexity index is 323. The summed E-state index contributed by atoms with van der Waals surface area (Å²) in [6.45, 7) is 1.61. The van der Waals surface area contributed by atoms with Gasteiger partial charge in [-0.2, -0.15) is 13.2 Å². The molecule has 1 fully saturated rings. The Morgan fingerprint density at radius 1 is 1.19 bits per heavy atom. The quantitative estimate of drug-likeness (QED) is 0.852. The second-order valence-corrected chi connectivity index (χ2v) is 3.32. The van der Waals surface area contributed by atoms with Crippen molar-refractivity contribution >= 4 is 24.8 Å². The van der Waals surface area contributed by atoms with Crippen LogP contribution in [-0.2, 0) is 6.18 Å². The molecule has 16 heavy (non-hydrogen) atoms. The first-order chi connectivity index (χ1) is 6.57. The fraction of sp³-hybridized carbons (Fsp3) is 0.444. The van der Waals surface area contributed by atoms with E-state index in [0.717, 1.165) is 31.0 Å². The Labute approximate surface area is 103 Å². The molecule has 0 aliphatic carbocycles. The van der Waals surface area contributed by atoms with Gasteiger partial charge in [0.05, 0.1) is 5.56 Å². The van der Waals surface area contributed by atoms with Gasteiger partial charge < -0.3 is 5.32 Å². The van der Waals surface area contributed by atoms with Crippen LogP contribution in [0, 0.1) is 0 Å². The summed E-state index contributed by atoms with van der Waals surface area (Å²) in [5.41, 5.74) is 0.0466. The molecule has 92 valence electrons. The first kappa shape index (κ1) is 15.5.